The van der Waals surface area contributed by atoms with E-state index in [-0.39, 0.29) is 7.53 Å². The van der Waals surface area contributed by atoms with Gasteiger partial charge in [0.25, 0.3) is 0 Å². The van der Waals surface area contributed by atoms with Crippen LogP contribution in [0.1, 0.15) is 32.6 Å². The summed E-state index contributed by atoms with van der Waals surface area (Å²) < 4.78 is 0. The molecule has 0 radical (unpaired) electrons. The molecule has 0 unspecified atom stereocenters. The largest absolute Gasteiger partial charge is 0.125 e. The molecule has 0 fully saturated rings. The van der Waals surface area contributed by atoms with Crippen molar-refractivity contribution in [1.82, 2.24) is 0 Å². The second-order valence-electron chi connectivity index (χ2n) is 2.98. The van der Waals surface area contributed by atoms with Crippen molar-refractivity contribution in [1.29, 1.82) is 0 Å². The van der Waals surface area contributed by atoms with Gasteiger partial charge in [0.1, 0.15) is 0 Å². The molecule has 1 aromatic heterocycles. The summed E-state index contributed by atoms with van der Waals surface area (Å²) in [5.74, 6) is 4.72. The van der Waals surface area contributed by atoms with Crippen LogP contribution in [0, 0.1) is 0 Å². The summed E-state index contributed by atoms with van der Waals surface area (Å²) in [7, 11) is 0.177. The van der Waals surface area contributed by atoms with Gasteiger partial charge in [-0.05, 0) is 24.2 Å². The molecule has 1 rings (SSSR count). The Balaban J connectivity index is 2.04. The predicted octanol–water partition coefficient (Wildman–Crippen LogP) is 4.25. The normalized spacial score (nSPS) is 10.3. The van der Waals surface area contributed by atoms with Crippen molar-refractivity contribution in [3.63, 3.8) is 0 Å². The first-order chi connectivity index (χ1) is 5.43. The maximum atomic E-state index is 2.36. The van der Waals surface area contributed by atoms with Gasteiger partial charge in [-0.1, -0.05) is 38.3 Å². The number of hydrogen-bond donors (Lipinski definition) is 0. The molecule has 0 bridgehead atoms. The van der Waals surface area contributed by atoms with E-state index in [2.05, 4.69) is 30.7 Å². The van der Waals surface area contributed by atoms with E-state index in [1.54, 1.807) is 0 Å². The van der Waals surface area contributed by atoms with Crippen molar-refractivity contribution in [3.8, 4) is 0 Å². The smallest absolute Gasteiger partial charge is 0.0141 e. The van der Waals surface area contributed by atoms with Gasteiger partial charge in [0.15, 0.2) is 0 Å². The molecule has 1 heteroatoms. The van der Waals surface area contributed by atoms with Crippen LogP contribution in [-0.4, -0.2) is 0 Å². The van der Waals surface area contributed by atoms with Crippen LogP contribution in [0.5, 0.6) is 0 Å². The fourth-order valence-corrected chi connectivity index (χ4v) is 2.87. The maximum Gasteiger partial charge on any atom is -0.0141 e. The van der Waals surface area contributed by atoms with Crippen LogP contribution in [0.15, 0.2) is 23.7 Å². The molecular weight excluding hydrogens is 151 g/mol. The van der Waals surface area contributed by atoms with Gasteiger partial charge in [0.05, 0.1) is 0 Å². The van der Waals surface area contributed by atoms with E-state index in [1.807, 2.05) is 0 Å². The monoisotopic (exact) mass is 168 g/mol. The number of aryl methyl sites for hydroxylation is 1. The predicted molar refractivity (Wildman–Crippen MR) is 53.3 cm³/mol. The fraction of sp³-hybridized carbons (Fsp3) is 0.600. The zero-order chi connectivity index (χ0) is 7.94. The second-order valence-corrected chi connectivity index (χ2v) is 5.05. The Morgan fingerprint density at radius 2 is 1.73 bits per heavy atom. The molecule has 0 atom stereocenters. The Labute approximate surface area is 70.7 Å². The molecule has 1 aromatic rings. The summed E-state index contributed by atoms with van der Waals surface area (Å²) >= 11 is 0. The molecule has 0 amide bonds. The molecule has 0 aromatic carbocycles. The lowest BCUT2D eigenvalue weighted by Gasteiger charge is -1.97. The summed E-state index contributed by atoms with van der Waals surface area (Å²) in [4.78, 5) is 0. The molecule has 1 heterocycles. The van der Waals surface area contributed by atoms with Gasteiger partial charge in [-0.2, -0.15) is 0 Å². The summed E-state index contributed by atoms with van der Waals surface area (Å²) in [5.41, 5.74) is 0. The quantitative estimate of drug-likeness (QED) is 0.576. The Kier molecular flexibility index (Phi) is 4.38. The van der Waals surface area contributed by atoms with E-state index in [9.17, 15) is 0 Å². The minimum atomic E-state index is 0.177. The van der Waals surface area contributed by atoms with Crippen LogP contribution < -0.4 is 0 Å². The lowest BCUT2D eigenvalue weighted by atomic mass is 10.2. The first-order valence-corrected chi connectivity index (χ1v) is 6.20. The number of rotatable bonds is 5. The highest BCUT2D eigenvalue weighted by Gasteiger charge is 1.90. The molecular formula is C10H17P. The van der Waals surface area contributed by atoms with E-state index in [0.717, 1.165) is 0 Å². The number of unbranched alkanes of at least 4 members (excludes halogenated alkanes) is 3. The Morgan fingerprint density at radius 1 is 1.00 bits per heavy atom. The average Bonchev–Trinajstić information content (AvgIpc) is 2.50. The zero-order valence-corrected chi connectivity index (χ0v) is 8.19. The molecule has 0 saturated carbocycles. The molecule has 0 saturated heterocycles. The molecule has 0 spiro atoms. The molecule has 62 valence electrons. The highest BCUT2D eigenvalue weighted by atomic mass is 31.1. The van der Waals surface area contributed by atoms with E-state index in [0.29, 0.717) is 0 Å². The standard InChI is InChI=1S/C10H17P/c1-2-3-4-5-8-11-9-6-7-10-11/h6-7,9-10H,2-5,8H2,1H3. The van der Waals surface area contributed by atoms with Gasteiger partial charge < -0.3 is 0 Å². The van der Waals surface area contributed by atoms with Gasteiger partial charge in [0, 0.05) is 0 Å². The first kappa shape index (κ1) is 8.87. The average molecular weight is 168 g/mol. The van der Waals surface area contributed by atoms with E-state index in [1.165, 1.54) is 31.8 Å². The summed E-state index contributed by atoms with van der Waals surface area (Å²) in [5, 5.41) is 0. The van der Waals surface area contributed by atoms with Crippen LogP contribution in [0.3, 0.4) is 0 Å². The Hall–Kier alpha value is -0.220. The van der Waals surface area contributed by atoms with E-state index in [4.69, 9.17) is 0 Å². The van der Waals surface area contributed by atoms with Gasteiger partial charge >= 0.3 is 0 Å². The van der Waals surface area contributed by atoms with Gasteiger partial charge in [-0.15, -0.1) is 7.53 Å². The van der Waals surface area contributed by atoms with Crippen LogP contribution in [0.25, 0.3) is 0 Å². The third-order valence-electron chi connectivity index (χ3n) is 1.94. The van der Waals surface area contributed by atoms with Crippen LogP contribution >= 0.6 is 7.53 Å². The summed E-state index contributed by atoms with van der Waals surface area (Å²) in [6.07, 6.45) is 7.04. The lowest BCUT2D eigenvalue weighted by molar-refractivity contribution is 0.690. The molecule has 0 aliphatic heterocycles. The van der Waals surface area contributed by atoms with Crippen molar-refractivity contribution < 1.29 is 0 Å². The third kappa shape index (κ3) is 3.62. The molecule has 0 aliphatic carbocycles. The van der Waals surface area contributed by atoms with Crippen molar-refractivity contribution >= 4 is 7.53 Å². The van der Waals surface area contributed by atoms with Crippen LogP contribution in [0.2, 0.25) is 0 Å². The van der Waals surface area contributed by atoms with E-state index >= 15 is 0 Å². The maximum absolute atomic E-state index is 2.36. The fourth-order valence-electron chi connectivity index (χ4n) is 1.24. The van der Waals surface area contributed by atoms with E-state index < -0.39 is 0 Å². The summed E-state index contributed by atoms with van der Waals surface area (Å²) in [6, 6.07) is 4.37. The van der Waals surface area contributed by atoms with Crippen LogP contribution in [0.4, 0.5) is 0 Å². The van der Waals surface area contributed by atoms with Gasteiger partial charge in [0.2, 0.25) is 0 Å². The lowest BCUT2D eigenvalue weighted by Crippen LogP contribution is -1.74. The Bertz CT molecular complexity index is 165. The van der Waals surface area contributed by atoms with Crippen LogP contribution in [-0.2, 0) is 6.16 Å². The van der Waals surface area contributed by atoms with Gasteiger partial charge in [-0.3, -0.25) is 0 Å². The van der Waals surface area contributed by atoms with Crippen molar-refractivity contribution in [2.24, 2.45) is 0 Å². The molecule has 0 nitrogen and oxygen atoms in total. The highest BCUT2D eigenvalue weighted by molar-refractivity contribution is 7.47. The topological polar surface area (TPSA) is 0 Å². The minimum absolute atomic E-state index is 0.177. The van der Waals surface area contributed by atoms with Gasteiger partial charge in [-0.25, -0.2) is 0 Å². The Morgan fingerprint density at radius 3 is 2.36 bits per heavy atom. The minimum Gasteiger partial charge on any atom is -0.125 e. The molecule has 0 aliphatic rings. The third-order valence-corrected chi connectivity index (χ3v) is 3.88. The summed E-state index contributed by atoms with van der Waals surface area (Å²) in [6.45, 7) is 2.26. The van der Waals surface area contributed by atoms with Crippen molar-refractivity contribution in [3.05, 3.63) is 23.7 Å². The second kappa shape index (κ2) is 5.43. The molecule has 0 N–H and O–H groups in total. The zero-order valence-electron chi connectivity index (χ0n) is 7.29. The number of hydrogen-bond acceptors (Lipinski definition) is 0. The first-order valence-electron chi connectivity index (χ1n) is 4.54. The SMILES string of the molecule is CCCCCCp1cccc1. The van der Waals surface area contributed by atoms with Crippen molar-refractivity contribution in [2.45, 2.75) is 38.8 Å². The highest BCUT2D eigenvalue weighted by Crippen LogP contribution is 2.29. The molecule has 11 heavy (non-hydrogen) atoms. The van der Waals surface area contributed by atoms with Crippen molar-refractivity contribution in [2.75, 3.05) is 0 Å².